The minimum atomic E-state index is -4.95. The fourth-order valence-electron chi connectivity index (χ4n) is 1.03. The number of carbonyl (C=O) groups is 2. The van der Waals surface area contributed by atoms with Gasteiger partial charge in [0.2, 0.25) is 0 Å². The molecular weight excluding hydrogens is 243 g/mol. The number of hydrogen-bond donors (Lipinski definition) is 2. The molecule has 1 aromatic heterocycles. The van der Waals surface area contributed by atoms with Gasteiger partial charge in [-0.1, -0.05) is 0 Å². The summed E-state index contributed by atoms with van der Waals surface area (Å²) in [4.78, 5) is 20.7. The number of carboxylic acid groups (broad SMARTS) is 1. The summed E-state index contributed by atoms with van der Waals surface area (Å²) < 4.78 is 40.3. The van der Waals surface area contributed by atoms with Gasteiger partial charge in [-0.05, 0) is 12.1 Å². The molecule has 0 saturated heterocycles. The van der Waals surface area contributed by atoms with Crippen LogP contribution in [0, 0.1) is 0 Å². The van der Waals surface area contributed by atoms with Crippen LogP contribution in [0.1, 0.15) is 11.5 Å². The number of rotatable bonds is 4. The van der Waals surface area contributed by atoms with Crippen molar-refractivity contribution < 1.29 is 32.3 Å². The van der Waals surface area contributed by atoms with E-state index in [0.717, 1.165) is 0 Å². The Morgan fingerprint density at radius 2 is 1.88 bits per heavy atom. The predicted molar refractivity (Wildman–Crippen MR) is 47.9 cm³/mol. The molecule has 1 heterocycles. The van der Waals surface area contributed by atoms with E-state index in [4.69, 9.17) is 9.52 Å². The quantitative estimate of drug-likeness (QED) is 0.839. The summed E-state index contributed by atoms with van der Waals surface area (Å²) >= 11 is 0. The molecule has 0 fully saturated rings. The topological polar surface area (TPSA) is 79.5 Å². The molecule has 0 aromatic carbocycles. The van der Waals surface area contributed by atoms with E-state index in [2.05, 4.69) is 0 Å². The number of carbonyl (C=O) groups excluding carboxylic acids is 1. The van der Waals surface area contributed by atoms with Gasteiger partial charge >= 0.3 is 18.1 Å². The highest BCUT2D eigenvalue weighted by Crippen LogP contribution is 2.15. The number of hydrogen-bond acceptors (Lipinski definition) is 3. The summed E-state index contributed by atoms with van der Waals surface area (Å²) in [6, 6.07) is 2.62. The number of nitrogens with one attached hydrogen (secondary N) is 1. The lowest BCUT2D eigenvalue weighted by molar-refractivity contribution is -0.173. The van der Waals surface area contributed by atoms with Crippen LogP contribution in [-0.2, 0) is 22.6 Å². The fraction of sp³-hybridized carbons (Fsp3) is 0.333. The minimum absolute atomic E-state index is 0.0545. The molecule has 94 valence electrons. The Morgan fingerprint density at radius 1 is 1.29 bits per heavy atom. The predicted octanol–water partition coefficient (Wildman–Crippen LogP) is 1.09. The molecular formula is C9H8F3NO4. The van der Waals surface area contributed by atoms with Crippen molar-refractivity contribution in [3.8, 4) is 0 Å². The third kappa shape index (κ3) is 4.17. The normalized spacial score (nSPS) is 11.2. The van der Waals surface area contributed by atoms with Crippen molar-refractivity contribution in [3.63, 3.8) is 0 Å². The first-order valence-electron chi connectivity index (χ1n) is 4.43. The first-order chi connectivity index (χ1) is 7.79. The second-order valence-electron chi connectivity index (χ2n) is 3.12. The number of halogens is 3. The van der Waals surface area contributed by atoms with Gasteiger partial charge in [0.25, 0.3) is 0 Å². The molecule has 2 N–H and O–H groups in total. The maximum absolute atomic E-state index is 11.8. The zero-order chi connectivity index (χ0) is 13.1. The number of carboxylic acids is 1. The van der Waals surface area contributed by atoms with Gasteiger partial charge < -0.3 is 14.8 Å². The maximum Gasteiger partial charge on any atom is 0.471 e. The van der Waals surface area contributed by atoms with Gasteiger partial charge in [-0.15, -0.1) is 0 Å². The van der Waals surface area contributed by atoms with Crippen molar-refractivity contribution in [2.24, 2.45) is 0 Å². The summed E-state index contributed by atoms with van der Waals surface area (Å²) in [6.45, 7) is -0.446. The lowest BCUT2D eigenvalue weighted by Crippen LogP contribution is -2.36. The molecule has 1 aromatic rings. The lowest BCUT2D eigenvalue weighted by atomic mass is 10.3. The SMILES string of the molecule is O=C(O)Cc1ccc(CNC(=O)C(F)(F)F)o1. The Bertz CT molecular complexity index is 424. The Balaban J connectivity index is 2.50. The van der Waals surface area contributed by atoms with Gasteiger partial charge in [0.15, 0.2) is 0 Å². The monoisotopic (exact) mass is 251 g/mol. The van der Waals surface area contributed by atoms with Gasteiger partial charge in [-0.3, -0.25) is 9.59 Å². The Hall–Kier alpha value is -1.99. The second kappa shape index (κ2) is 4.89. The Morgan fingerprint density at radius 3 is 2.41 bits per heavy atom. The van der Waals surface area contributed by atoms with E-state index in [1.54, 1.807) is 5.32 Å². The molecule has 8 heteroatoms. The summed E-state index contributed by atoms with van der Waals surface area (Å²) in [7, 11) is 0. The van der Waals surface area contributed by atoms with E-state index < -0.39 is 24.6 Å². The molecule has 0 atom stereocenters. The number of furan rings is 1. The van der Waals surface area contributed by atoms with Crippen molar-refractivity contribution >= 4 is 11.9 Å². The van der Waals surface area contributed by atoms with E-state index in [0.29, 0.717) is 0 Å². The summed E-state index contributed by atoms with van der Waals surface area (Å²) in [5, 5.41) is 10.0. The minimum Gasteiger partial charge on any atom is -0.481 e. The summed E-state index contributed by atoms with van der Waals surface area (Å²) in [6.07, 6.45) is -5.32. The van der Waals surface area contributed by atoms with E-state index in [1.807, 2.05) is 0 Å². The van der Waals surface area contributed by atoms with Crippen LogP contribution in [0.25, 0.3) is 0 Å². The van der Waals surface area contributed by atoms with Crippen molar-refractivity contribution in [2.45, 2.75) is 19.1 Å². The van der Waals surface area contributed by atoms with Gasteiger partial charge in [0.05, 0.1) is 6.54 Å². The van der Waals surface area contributed by atoms with Crippen LogP contribution in [0.5, 0.6) is 0 Å². The zero-order valence-corrected chi connectivity index (χ0v) is 8.37. The molecule has 1 amide bonds. The van der Waals surface area contributed by atoms with E-state index in [-0.39, 0.29) is 17.9 Å². The third-order valence-corrected chi connectivity index (χ3v) is 1.72. The van der Waals surface area contributed by atoms with Crippen LogP contribution >= 0.6 is 0 Å². The second-order valence-corrected chi connectivity index (χ2v) is 3.12. The molecule has 5 nitrogen and oxygen atoms in total. The Labute approximate surface area is 93.2 Å². The van der Waals surface area contributed by atoms with Crippen LogP contribution < -0.4 is 5.32 Å². The molecule has 1 rings (SSSR count). The number of aliphatic carboxylic acids is 1. The van der Waals surface area contributed by atoms with Crippen molar-refractivity contribution in [2.75, 3.05) is 0 Å². The van der Waals surface area contributed by atoms with Crippen LogP contribution in [0.4, 0.5) is 13.2 Å². The maximum atomic E-state index is 11.8. The highest BCUT2D eigenvalue weighted by atomic mass is 19.4. The van der Waals surface area contributed by atoms with Crippen molar-refractivity contribution in [1.29, 1.82) is 0 Å². The molecule has 0 aliphatic carbocycles. The van der Waals surface area contributed by atoms with E-state index in [1.165, 1.54) is 12.1 Å². The lowest BCUT2D eigenvalue weighted by Gasteiger charge is -2.05. The third-order valence-electron chi connectivity index (χ3n) is 1.72. The van der Waals surface area contributed by atoms with Gasteiger partial charge in [-0.2, -0.15) is 13.2 Å². The first-order valence-corrected chi connectivity index (χ1v) is 4.43. The molecule has 0 radical (unpaired) electrons. The molecule has 0 bridgehead atoms. The highest BCUT2D eigenvalue weighted by Gasteiger charge is 2.38. The zero-order valence-electron chi connectivity index (χ0n) is 8.37. The average molecular weight is 251 g/mol. The molecule has 0 spiro atoms. The van der Waals surface area contributed by atoms with Crippen LogP contribution in [0.2, 0.25) is 0 Å². The van der Waals surface area contributed by atoms with E-state index >= 15 is 0 Å². The number of amides is 1. The summed E-state index contributed by atoms with van der Waals surface area (Å²) in [5.41, 5.74) is 0. The molecule has 0 saturated carbocycles. The van der Waals surface area contributed by atoms with Crippen LogP contribution in [-0.4, -0.2) is 23.2 Å². The van der Waals surface area contributed by atoms with Crippen LogP contribution in [0.3, 0.4) is 0 Å². The van der Waals surface area contributed by atoms with Crippen LogP contribution in [0.15, 0.2) is 16.5 Å². The standard InChI is InChI=1S/C9H8F3NO4/c10-9(11,12)8(16)13-4-6-2-1-5(17-6)3-7(14)15/h1-2H,3-4H2,(H,13,16)(H,14,15). The highest BCUT2D eigenvalue weighted by molar-refractivity contribution is 5.81. The first kappa shape index (κ1) is 13.1. The van der Waals surface area contributed by atoms with Gasteiger partial charge in [0, 0.05) is 0 Å². The molecule has 0 unspecified atom stereocenters. The molecule has 0 aliphatic rings. The molecule has 17 heavy (non-hydrogen) atoms. The van der Waals surface area contributed by atoms with Gasteiger partial charge in [-0.25, -0.2) is 0 Å². The largest absolute Gasteiger partial charge is 0.481 e. The molecule has 0 aliphatic heterocycles. The summed E-state index contributed by atoms with van der Waals surface area (Å²) in [5.74, 6) is -3.04. The van der Waals surface area contributed by atoms with Crippen molar-refractivity contribution in [1.82, 2.24) is 5.32 Å². The Kier molecular flexibility index (Phi) is 3.77. The number of alkyl halides is 3. The van der Waals surface area contributed by atoms with Gasteiger partial charge in [0.1, 0.15) is 17.9 Å². The van der Waals surface area contributed by atoms with Crippen molar-refractivity contribution in [3.05, 3.63) is 23.7 Å². The average Bonchev–Trinajstić information content (AvgIpc) is 2.59. The van der Waals surface area contributed by atoms with E-state index in [9.17, 15) is 22.8 Å². The fourth-order valence-corrected chi connectivity index (χ4v) is 1.03. The smallest absolute Gasteiger partial charge is 0.471 e.